The SMILES string of the molecule is Cc1cccc2nc(N)n(C3CCCC(NC(=O)OC(C)(C)C)C3)c12. The van der Waals surface area contributed by atoms with Gasteiger partial charge in [0.15, 0.2) is 0 Å². The molecule has 136 valence electrons. The Balaban J connectivity index is 1.78. The lowest BCUT2D eigenvalue weighted by Gasteiger charge is -2.32. The van der Waals surface area contributed by atoms with E-state index in [0.717, 1.165) is 36.7 Å². The number of imidazole rings is 1. The van der Waals surface area contributed by atoms with Crippen molar-refractivity contribution in [3.63, 3.8) is 0 Å². The molecular weight excluding hydrogens is 316 g/mol. The average Bonchev–Trinajstić information content (AvgIpc) is 2.83. The number of hydrogen-bond donors (Lipinski definition) is 2. The van der Waals surface area contributed by atoms with E-state index in [1.807, 2.05) is 32.9 Å². The zero-order valence-electron chi connectivity index (χ0n) is 15.5. The Bertz CT molecular complexity index is 776. The number of nitrogens with zero attached hydrogens (tertiary/aromatic N) is 2. The van der Waals surface area contributed by atoms with Gasteiger partial charge in [-0.05, 0) is 65.0 Å². The Hall–Kier alpha value is -2.24. The van der Waals surface area contributed by atoms with E-state index in [9.17, 15) is 4.79 Å². The average molecular weight is 344 g/mol. The third-order valence-electron chi connectivity index (χ3n) is 4.67. The van der Waals surface area contributed by atoms with Crippen molar-refractivity contribution in [3.05, 3.63) is 23.8 Å². The monoisotopic (exact) mass is 344 g/mol. The first-order chi connectivity index (χ1) is 11.7. The first kappa shape index (κ1) is 17.6. The first-order valence-corrected chi connectivity index (χ1v) is 8.97. The smallest absolute Gasteiger partial charge is 0.407 e. The Kier molecular flexibility index (Phi) is 4.62. The minimum Gasteiger partial charge on any atom is -0.444 e. The van der Waals surface area contributed by atoms with Crippen molar-refractivity contribution in [2.45, 2.75) is 71.1 Å². The molecule has 6 heteroatoms. The number of para-hydroxylation sites is 1. The Labute approximate surface area is 148 Å². The minimum absolute atomic E-state index is 0.0921. The van der Waals surface area contributed by atoms with Crippen molar-refractivity contribution in [2.24, 2.45) is 0 Å². The van der Waals surface area contributed by atoms with Gasteiger partial charge in [-0.2, -0.15) is 0 Å². The number of fused-ring (bicyclic) bond motifs is 1. The van der Waals surface area contributed by atoms with E-state index in [4.69, 9.17) is 10.5 Å². The van der Waals surface area contributed by atoms with Crippen LogP contribution in [0.4, 0.5) is 10.7 Å². The first-order valence-electron chi connectivity index (χ1n) is 8.97. The number of carbonyl (C=O) groups excluding carboxylic acids is 1. The summed E-state index contributed by atoms with van der Waals surface area (Å²) in [6, 6.07) is 6.41. The number of alkyl carbamates (subject to hydrolysis) is 1. The van der Waals surface area contributed by atoms with E-state index in [1.165, 1.54) is 5.56 Å². The van der Waals surface area contributed by atoms with E-state index in [0.29, 0.717) is 5.95 Å². The van der Waals surface area contributed by atoms with E-state index in [2.05, 4.69) is 27.9 Å². The van der Waals surface area contributed by atoms with Crippen molar-refractivity contribution >= 4 is 23.1 Å². The number of benzene rings is 1. The van der Waals surface area contributed by atoms with Gasteiger partial charge >= 0.3 is 6.09 Å². The lowest BCUT2D eigenvalue weighted by Crippen LogP contribution is -2.41. The molecule has 2 aromatic rings. The van der Waals surface area contributed by atoms with Crippen LogP contribution in [0.15, 0.2) is 18.2 Å². The normalized spacial score (nSPS) is 21.3. The summed E-state index contributed by atoms with van der Waals surface area (Å²) in [5, 5.41) is 3.01. The van der Waals surface area contributed by atoms with Gasteiger partial charge < -0.3 is 20.4 Å². The van der Waals surface area contributed by atoms with E-state index in [-0.39, 0.29) is 18.2 Å². The zero-order valence-corrected chi connectivity index (χ0v) is 15.5. The molecule has 1 fully saturated rings. The Morgan fingerprint density at radius 1 is 1.36 bits per heavy atom. The van der Waals surface area contributed by atoms with Crippen LogP contribution in [0.1, 0.15) is 58.1 Å². The third-order valence-corrected chi connectivity index (χ3v) is 4.67. The molecule has 0 spiro atoms. The molecule has 2 unspecified atom stereocenters. The van der Waals surface area contributed by atoms with Crippen LogP contribution >= 0.6 is 0 Å². The summed E-state index contributed by atoms with van der Waals surface area (Å²) < 4.78 is 7.53. The number of aryl methyl sites for hydroxylation is 1. The number of aromatic nitrogens is 2. The van der Waals surface area contributed by atoms with Gasteiger partial charge in [-0.3, -0.25) is 0 Å². The topological polar surface area (TPSA) is 82.2 Å². The molecule has 1 amide bonds. The van der Waals surface area contributed by atoms with Gasteiger partial charge in [0.1, 0.15) is 5.60 Å². The number of nitrogens with one attached hydrogen (secondary N) is 1. The highest BCUT2D eigenvalue weighted by atomic mass is 16.6. The molecule has 0 saturated heterocycles. The fourth-order valence-electron chi connectivity index (χ4n) is 3.71. The number of rotatable bonds is 2. The van der Waals surface area contributed by atoms with E-state index < -0.39 is 5.60 Å². The maximum absolute atomic E-state index is 12.1. The van der Waals surface area contributed by atoms with Crippen molar-refractivity contribution in [3.8, 4) is 0 Å². The van der Waals surface area contributed by atoms with Gasteiger partial charge in [-0.25, -0.2) is 9.78 Å². The number of amides is 1. The van der Waals surface area contributed by atoms with Crippen LogP contribution in [-0.2, 0) is 4.74 Å². The molecule has 3 rings (SSSR count). The van der Waals surface area contributed by atoms with E-state index >= 15 is 0 Å². The number of nitrogen functional groups attached to an aromatic ring is 1. The molecule has 2 atom stereocenters. The van der Waals surface area contributed by atoms with Crippen LogP contribution in [0.2, 0.25) is 0 Å². The van der Waals surface area contributed by atoms with E-state index in [1.54, 1.807) is 0 Å². The summed E-state index contributed by atoms with van der Waals surface area (Å²) in [5.74, 6) is 0.548. The highest BCUT2D eigenvalue weighted by molar-refractivity contribution is 5.81. The fraction of sp³-hybridized carbons (Fsp3) is 0.579. The summed E-state index contributed by atoms with van der Waals surface area (Å²) >= 11 is 0. The lowest BCUT2D eigenvalue weighted by atomic mass is 9.90. The van der Waals surface area contributed by atoms with Crippen molar-refractivity contribution in [1.82, 2.24) is 14.9 Å². The van der Waals surface area contributed by atoms with Crippen LogP contribution in [0.5, 0.6) is 0 Å². The van der Waals surface area contributed by atoms with Crippen LogP contribution in [-0.4, -0.2) is 27.3 Å². The molecular formula is C19H28N4O2. The molecule has 1 aromatic carbocycles. The van der Waals surface area contributed by atoms with Crippen molar-refractivity contribution < 1.29 is 9.53 Å². The highest BCUT2D eigenvalue weighted by Gasteiger charge is 2.28. The molecule has 6 nitrogen and oxygen atoms in total. The van der Waals surface area contributed by atoms with Gasteiger partial charge in [0.2, 0.25) is 5.95 Å². The molecule has 1 saturated carbocycles. The molecule has 0 aliphatic heterocycles. The van der Waals surface area contributed by atoms with Gasteiger partial charge in [-0.1, -0.05) is 12.1 Å². The Morgan fingerprint density at radius 2 is 2.12 bits per heavy atom. The second-order valence-electron chi connectivity index (χ2n) is 7.95. The van der Waals surface area contributed by atoms with Crippen molar-refractivity contribution in [2.75, 3.05) is 5.73 Å². The highest BCUT2D eigenvalue weighted by Crippen LogP contribution is 2.34. The fourth-order valence-corrected chi connectivity index (χ4v) is 3.71. The van der Waals surface area contributed by atoms with Gasteiger partial charge in [0.25, 0.3) is 0 Å². The van der Waals surface area contributed by atoms with Gasteiger partial charge in [0.05, 0.1) is 11.0 Å². The summed E-state index contributed by atoms with van der Waals surface area (Å²) in [5.41, 5.74) is 8.94. The number of carbonyl (C=O) groups is 1. The summed E-state index contributed by atoms with van der Waals surface area (Å²) in [7, 11) is 0. The maximum Gasteiger partial charge on any atom is 0.407 e. The van der Waals surface area contributed by atoms with Crippen LogP contribution in [0.25, 0.3) is 11.0 Å². The van der Waals surface area contributed by atoms with Gasteiger partial charge in [0, 0.05) is 12.1 Å². The number of nitrogens with two attached hydrogens (primary N) is 1. The van der Waals surface area contributed by atoms with Crippen LogP contribution in [0, 0.1) is 6.92 Å². The second-order valence-corrected chi connectivity index (χ2v) is 7.95. The molecule has 0 bridgehead atoms. The van der Waals surface area contributed by atoms with Crippen LogP contribution in [0.3, 0.4) is 0 Å². The van der Waals surface area contributed by atoms with Crippen LogP contribution < -0.4 is 11.1 Å². The molecule has 25 heavy (non-hydrogen) atoms. The third kappa shape index (κ3) is 3.89. The quantitative estimate of drug-likeness (QED) is 0.864. The predicted molar refractivity (Wildman–Crippen MR) is 99.5 cm³/mol. The summed E-state index contributed by atoms with van der Waals surface area (Å²) in [6.07, 6.45) is 3.52. The van der Waals surface area contributed by atoms with Gasteiger partial charge in [-0.15, -0.1) is 0 Å². The number of ether oxygens (including phenoxy) is 1. The molecule has 1 aliphatic carbocycles. The van der Waals surface area contributed by atoms with Crippen molar-refractivity contribution in [1.29, 1.82) is 0 Å². The number of anilines is 1. The number of hydrogen-bond acceptors (Lipinski definition) is 4. The summed E-state index contributed by atoms with van der Waals surface area (Å²) in [4.78, 5) is 16.6. The summed E-state index contributed by atoms with van der Waals surface area (Å²) in [6.45, 7) is 7.70. The predicted octanol–water partition coefficient (Wildman–Crippen LogP) is 3.94. The molecule has 0 radical (unpaired) electrons. The molecule has 1 aromatic heterocycles. The molecule has 3 N–H and O–H groups in total. The largest absolute Gasteiger partial charge is 0.444 e. The lowest BCUT2D eigenvalue weighted by molar-refractivity contribution is 0.0486. The zero-order chi connectivity index (χ0) is 18.2. The molecule has 1 aliphatic rings. The second kappa shape index (κ2) is 6.58. The molecule has 1 heterocycles. The standard InChI is InChI=1S/C19H28N4O2/c1-12-7-5-10-15-16(12)23(17(20)22-15)14-9-6-8-13(11-14)21-18(24)25-19(2,3)4/h5,7,10,13-14H,6,8-9,11H2,1-4H3,(H2,20,22)(H,21,24). The maximum atomic E-state index is 12.1. The minimum atomic E-state index is -0.486. The Morgan fingerprint density at radius 3 is 2.84 bits per heavy atom.